The Morgan fingerprint density at radius 2 is 2.00 bits per heavy atom. The summed E-state index contributed by atoms with van der Waals surface area (Å²) >= 11 is 0. The molecule has 0 aromatic heterocycles. The maximum atomic E-state index is 12.7. The van der Waals surface area contributed by atoms with Crippen molar-refractivity contribution in [2.75, 3.05) is 34.4 Å². The third-order valence-electron chi connectivity index (χ3n) is 3.20. The van der Waals surface area contributed by atoms with Crippen LogP contribution in [0.1, 0.15) is 12.5 Å². The molecule has 130 valence electrons. The van der Waals surface area contributed by atoms with E-state index in [1.165, 1.54) is 27.3 Å². The number of carbonyl (C=O) groups is 1. The normalized spacial score (nSPS) is 13.0. The van der Waals surface area contributed by atoms with Gasteiger partial charge in [0, 0.05) is 20.2 Å². The first-order chi connectivity index (χ1) is 10.7. The van der Waals surface area contributed by atoms with Gasteiger partial charge in [-0.25, -0.2) is 8.42 Å². The van der Waals surface area contributed by atoms with E-state index < -0.39 is 15.9 Å². The molecule has 0 saturated heterocycles. The van der Waals surface area contributed by atoms with Crippen LogP contribution in [0.15, 0.2) is 23.1 Å². The number of methoxy groups -OCH3 is 2. The molecule has 0 aliphatic rings. The van der Waals surface area contributed by atoms with E-state index in [4.69, 9.17) is 9.47 Å². The Balaban J connectivity index is 2.92. The highest BCUT2D eigenvalue weighted by atomic mass is 32.2. The molecule has 0 saturated carbocycles. The largest absolute Gasteiger partial charge is 0.495 e. The molecule has 1 amide bonds. The van der Waals surface area contributed by atoms with Gasteiger partial charge in [-0.1, -0.05) is 6.07 Å². The summed E-state index contributed by atoms with van der Waals surface area (Å²) in [5.41, 5.74) is 0.788. The molecule has 0 bridgehead atoms. The van der Waals surface area contributed by atoms with Gasteiger partial charge in [0.25, 0.3) is 0 Å². The molecule has 1 atom stereocenters. The van der Waals surface area contributed by atoms with E-state index >= 15 is 0 Å². The molecule has 0 heterocycles. The van der Waals surface area contributed by atoms with Crippen molar-refractivity contribution in [1.82, 2.24) is 9.62 Å². The first-order valence-electron chi connectivity index (χ1n) is 7.11. The van der Waals surface area contributed by atoms with Crippen LogP contribution in [0, 0.1) is 6.92 Å². The standard InChI is InChI=1S/C15H24N2O5S/c1-11-6-7-13(22-5)14(8-11)23(19,20)17(3)9-15(18)16-12(2)10-21-4/h6-8,12H,9-10H2,1-5H3,(H,16,18)/t12-/m0/s1. The van der Waals surface area contributed by atoms with Gasteiger partial charge in [0.05, 0.1) is 20.3 Å². The van der Waals surface area contributed by atoms with Gasteiger partial charge in [0.2, 0.25) is 15.9 Å². The Bertz CT molecular complexity index is 645. The van der Waals surface area contributed by atoms with Crippen LogP contribution in [0.25, 0.3) is 0 Å². The van der Waals surface area contributed by atoms with Crippen molar-refractivity contribution in [2.45, 2.75) is 24.8 Å². The van der Waals surface area contributed by atoms with Crippen molar-refractivity contribution in [3.63, 3.8) is 0 Å². The smallest absolute Gasteiger partial charge is 0.246 e. The summed E-state index contributed by atoms with van der Waals surface area (Å²) in [6, 6.07) is 4.68. The zero-order valence-corrected chi connectivity index (χ0v) is 14.9. The molecule has 1 aromatic carbocycles. The van der Waals surface area contributed by atoms with Crippen molar-refractivity contribution in [1.29, 1.82) is 0 Å². The highest BCUT2D eigenvalue weighted by Crippen LogP contribution is 2.26. The van der Waals surface area contributed by atoms with Crippen molar-refractivity contribution in [3.8, 4) is 5.75 Å². The summed E-state index contributed by atoms with van der Waals surface area (Å²) in [6.07, 6.45) is 0. The monoisotopic (exact) mass is 344 g/mol. The number of aryl methyl sites for hydroxylation is 1. The van der Waals surface area contributed by atoms with Crippen LogP contribution in [-0.4, -0.2) is 59.1 Å². The maximum Gasteiger partial charge on any atom is 0.246 e. The summed E-state index contributed by atoms with van der Waals surface area (Å²) in [7, 11) is 0.464. The number of hydrogen-bond acceptors (Lipinski definition) is 5. The van der Waals surface area contributed by atoms with E-state index in [1.54, 1.807) is 26.0 Å². The minimum Gasteiger partial charge on any atom is -0.495 e. The number of benzene rings is 1. The molecule has 1 rings (SSSR count). The van der Waals surface area contributed by atoms with Crippen molar-refractivity contribution < 1.29 is 22.7 Å². The van der Waals surface area contributed by atoms with Gasteiger partial charge in [-0.3, -0.25) is 4.79 Å². The lowest BCUT2D eigenvalue weighted by Crippen LogP contribution is -2.43. The highest BCUT2D eigenvalue weighted by molar-refractivity contribution is 7.89. The molecule has 0 aliphatic carbocycles. The van der Waals surface area contributed by atoms with E-state index in [2.05, 4.69) is 5.32 Å². The Labute approximate surface area is 137 Å². The van der Waals surface area contributed by atoms with E-state index in [0.29, 0.717) is 6.61 Å². The summed E-state index contributed by atoms with van der Waals surface area (Å²) in [5, 5.41) is 2.67. The van der Waals surface area contributed by atoms with Crippen molar-refractivity contribution in [2.24, 2.45) is 0 Å². The molecule has 8 heteroatoms. The summed E-state index contributed by atoms with van der Waals surface area (Å²) in [4.78, 5) is 12.0. The fourth-order valence-electron chi connectivity index (χ4n) is 2.05. The summed E-state index contributed by atoms with van der Waals surface area (Å²) in [5.74, 6) is -0.150. The second-order valence-corrected chi connectivity index (χ2v) is 7.35. The van der Waals surface area contributed by atoms with Gasteiger partial charge >= 0.3 is 0 Å². The van der Waals surface area contributed by atoms with Crippen LogP contribution in [0.5, 0.6) is 5.75 Å². The van der Waals surface area contributed by atoms with E-state index in [1.807, 2.05) is 0 Å². The molecule has 1 N–H and O–H groups in total. The zero-order valence-electron chi connectivity index (χ0n) is 14.1. The Hall–Kier alpha value is -1.64. The fourth-order valence-corrected chi connectivity index (χ4v) is 3.42. The average Bonchev–Trinajstić information content (AvgIpc) is 2.47. The highest BCUT2D eigenvalue weighted by Gasteiger charge is 2.26. The van der Waals surface area contributed by atoms with E-state index in [0.717, 1.165) is 9.87 Å². The van der Waals surface area contributed by atoms with Crippen molar-refractivity contribution in [3.05, 3.63) is 23.8 Å². The Morgan fingerprint density at radius 3 is 2.57 bits per heavy atom. The number of nitrogens with one attached hydrogen (secondary N) is 1. The van der Waals surface area contributed by atoms with Crippen LogP contribution in [0.2, 0.25) is 0 Å². The molecular weight excluding hydrogens is 320 g/mol. The molecule has 7 nitrogen and oxygen atoms in total. The number of nitrogens with zero attached hydrogens (tertiary/aromatic N) is 1. The maximum absolute atomic E-state index is 12.7. The molecule has 0 fully saturated rings. The van der Waals surface area contributed by atoms with Crippen LogP contribution in [-0.2, 0) is 19.6 Å². The van der Waals surface area contributed by atoms with Gasteiger partial charge in [0.15, 0.2) is 0 Å². The number of rotatable bonds is 8. The number of carbonyl (C=O) groups excluding carboxylic acids is 1. The first kappa shape index (κ1) is 19.4. The lowest BCUT2D eigenvalue weighted by atomic mass is 10.2. The van der Waals surface area contributed by atoms with E-state index in [9.17, 15) is 13.2 Å². The predicted octanol–water partition coefficient (Wildman–Crippen LogP) is 0.775. The SMILES string of the molecule is COC[C@H](C)NC(=O)CN(C)S(=O)(=O)c1cc(C)ccc1OC. The van der Waals surface area contributed by atoms with Gasteiger partial charge in [-0.15, -0.1) is 0 Å². The van der Waals surface area contributed by atoms with Gasteiger partial charge in [-0.2, -0.15) is 4.31 Å². The molecule has 0 spiro atoms. The van der Waals surface area contributed by atoms with E-state index in [-0.39, 0.29) is 23.2 Å². The Morgan fingerprint density at radius 1 is 1.35 bits per heavy atom. The topological polar surface area (TPSA) is 84.9 Å². The second-order valence-electron chi connectivity index (χ2n) is 5.34. The third kappa shape index (κ3) is 5.19. The molecule has 0 aliphatic heterocycles. The third-order valence-corrected chi connectivity index (χ3v) is 5.02. The zero-order chi connectivity index (χ0) is 17.6. The molecular formula is C15H24N2O5S. The predicted molar refractivity (Wildman–Crippen MR) is 87.0 cm³/mol. The number of sulfonamides is 1. The quantitative estimate of drug-likeness (QED) is 0.753. The molecule has 0 radical (unpaired) electrons. The second kappa shape index (κ2) is 8.28. The summed E-state index contributed by atoms with van der Waals surface area (Å²) < 4.78 is 36.3. The minimum atomic E-state index is -3.83. The molecule has 0 unspecified atom stereocenters. The number of likely N-dealkylation sites (N-methyl/N-ethyl adjacent to an activating group) is 1. The average molecular weight is 344 g/mol. The van der Waals surface area contributed by atoms with Gasteiger partial charge < -0.3 is 14.8 Å². The summed E-state index contributed by atoms with van der Waals surface area (Å²) in [6.45, 7) is 3.64. The van der Waals surface area contributed by atoms with Crippen LogP contribution in [0.4, 0.5) is 0 Å². The first-order valence-corrected chi connectivity index (χ1v) is 8.55. The molecule has 23 heavy (non-hydrogen) atoms. The fraction of sp³-hybridized carbons (Fsp3) is 0.533. The van der Waals surface area contributed by atoms with Crippen molar-refractivity contribution >= 4 is 15.9 Å². The lowest BCUT2D eigenvalue weighted by Gasteiger charge is -2.20. The number of hydrogen-bond donors (Lipinski definition) is 1. The van der Waals surface area contributed by atoms with Gasteiger partial charge in [0.1, 0.15) is 10.6 Å². The van der Waals surface area contributed by atoms with Crippen LogP contribution >= 0.6 is 0 Å². The Kier molecular flexibility index (Phi) is 6.99. The number of amides is 1. The number of ether oxygens (including phenoxy) is 2. The van der Waals surface area contributed by atoms with Gasteiger partial charge in [-0.05, 0) is 31.5 Å². The minimum absolute atomic E-state index is 0.0419. The van der Waals surface area contributed by atoms with Crippen LogP contribution in [0.3, 0.4) is 0 Å². The lowest BCUT2D eigenvalue weighted by molar-refractivity contribution is -0.122. The van der Waals surface area contributed by atoms with Crippen LogP contribution < -0.4 is 10.1 Å². The molecule has 1 aromatic rings.